The molecule has 0 amide bonds. The number of ether oxygens (including phenoxy) is 1. The molecule has 0 aliphatic heterocycles. The van der Waals surface area contributed by atoms with Crippen LogP contribution in [0.25, 0.3) is 5.69 Å². The SMILES string of the molecule is COc1cc(CC(=O)Cc2ccccc2C(F)(F)F)ccc1-n1cc(CCC(C)C)nn1. The largest absolute Gasteiger partial charge is 0.494 e. The number of nitrogens with zero attached hydrogens (tertiary/aromatic N) is 3. The summed E-state index contributed by atoms with van der Waals surface area (Å²) in [6.45, 7) is 4.30. The number of hydrogen-bond acceptors (Lipinski definition) is 4. The Kier molecular flexibility index (Phi) is 7.33. The van der Waals surface area contributed by atoms with Crippen molar-refractivity contribution >= 4 is 5.78 Å². The number of halogens is 3. The van der Waals surface area contributed by atoms with E-state index in [1.165, 1.54) is 25.3 Å². The summed E-state index contributed by atoms with van der Waals surface area (Å²) in [7, 11) is 1.51. The van der Waals surface area contributed by atoms with E-state index in [9.17, 15) is 18.0 Å². The summed E-state index contributed by atoms with van der Waals surface area (Å²) >= 11 is 0. The maximum absolute atomic E-state index is 13.2. The molecule has 8 heteroatoms. The molecular weight excluding hydrogens is 419 g/mol. The number of hydrogen-bond donors (Lipinski definition) is 0. The third-order valence-corrected chi connectivity index (χ3v) is 5.12. The van der Waals surface area contributed by atoms with Crippen LogP contribution in [0.5, 0.6) is 5.75 Å². The minimum absolute atomic E-state index is 0.000172. The standard InChI is InChI=1S/C24H26F3N3O2/c1-16(2)8-10-19-15-30(29-28-19)22-11-9-17(13-23(22)32-3)12-20(31)14-18-6-4-5-7-21(18)24(25,26)27/h4-7,9,11,13,15-16H,8,10,12,14H2,1-3H3. The van der Waals surface area contributed by atoms with Crippen molar-refractivity contribution in [1.82, 2.24) is 15.0 Å². The lowest BCUT2D eigenvalue weighted by Gasteiger charge is -2.13. The van der Waals surface area contributed by atoms with Gasteiger partial charge in [0.05, 0.1) is 24.6 Å². The van der Waals surface area contributed by atoms with Crippen LogP contribution in [0.2, 0.25) is 0 Å². The molecule has 1 heterocycles. The van der Waals surface area contributed by atoms with E-state index in [1.54, 1.807) is 22.9 Å². The molecule has 0 saturated carbocycles. The molecule has 5 nitrogen and oxygen atoms in total. The molecule has 0 N–H and O–H groups in total. The summed E-state index contributed by atoms with van der Waals surface area (Å²) < 4.78 is 46.6. The van der Waals surface area contributed by atoms with Crippen LogP contribution in [0.15, 0.2) is 48.7 Å². The van der Waals surface area contributed by atoms with E-state index in [0.717, 1.165) is 24.6 Å². The number of aryl methyl sites for hydroxylation is 1. The van der Waals surface area contributed by atoms with Crippen molar-refractivity contribution in [1.29, 1.82) is 0 Å². The Labute approximate surface area is 185 Å². The number of methoxy groups -OCH3 is 1. The van der Waals surface area contributed by atoms with E-state index < -0.39 is 11.7 Å². The van der Waals surface area contributed by atoms with Gasteiger partial charge in [0.2, 0.25) is 0 Å². The van der Waals surface area contributed by atoms with Gasteiger partial charge in [0, 0.05) is 12.8 Å². The normalized spacial score (nSPS) is 11.7. The van der Waals surface area contributed by atoms with Crippen molar-refractivity contribution in [2.24, 2.45) is 5.92 Å². The van der Waals surface area contributed by atoms with Crippen molar-refractivity contribution in [3.05, 3.63) is 71.0 Å². The van der Waals surface area contributed by atoms with Crippen molar-refractivity contribution in [3.63, 3.8) is 0 Å². The molecule has 1 aromatic heterocycles. The van der Waals surface area contributed by atoms with E-state index in [1.807, 2.05) is 6.20 Å². The quantitative estimate of drug-likeness (QED) is 0.452. The third-order valence-electron chi connectivity index (χ3n) is 5.12. The van der Waals surface area contributed by atoms with Crippen molar-refractivity contribution in [2.75, 3.05) is 7.11 Å². The van der Waals surface area contributed by atoms with Crippen molar-refractivity contribution in [3.8, 4) is 11.4 Å². The molecule has 0 atom stereocenters. The number of ketones is 1. The van der Waals surface area contributed by atoms with Crippen LogP contribution in [0.4, 0.5) is 13.2 Å². The first-order chi connectivity index (χ1) is 15.2. The number of carbonyl (C=O) groups excluding carboxylic acids is 1. The lowest BCUT2D eigenvalue weighted by Crippen LogP contribution is -2.13. The molecule has 3 aromatic rings. The molecule has 0 spiro atoms. The summed E-state index contributed by atoms with van der Waals surface area (Å²) in [6, 6.07) is 10.4. The number of Topliss-reactive ketones (excluding diaryl/α,β-unsaturated/α-hetero) is 1. The van der Waals surface area contributed by atoms with Crippen molar-refractivity contribution in [2.45, 2.75) is 45.7 Å². The highest BCUT2D eigenvalue weighted by Crippen LogP contribution is 2.32. The molecule has 0 saturated heterocycles. The Balaban J connectivity index is 1.74. The number of alkyl halides is 3. The van der Waals surface area contributed by atoms with Gasteiger partial charge >= 0.3 is 6.18 Å². The summed E-state index contributed by atoms with van der Waals surface area (Å²) in [5, 5.41) is 8.36. The van der Waals surface area contributed by atoms with E-state index in [-0.39, 0.29) is 24.2 Å². The summed E-state index contributed by atoms with van der Waals surface area (Å²) in [4.78, 5) is 12.5. The predicted octanol–water partition coefficient (Wildman–Crippen LogP) is 5.24. The summed E-state index contributed by atoms with van der Waals surface area (Å²) in [5.41, 5.74) is 1.41. The Hall–Kier alpha value is -3.16. The maximum atomic E-state index is 13.2. The van der Waals surface area contributed by atoms with Crippen LogP contribution in [-0.2, 0) is 30.2 Å². The molecule has 32 heavy (non-hydrogen) atoms. The lowest BCUT2D eigenvalue weighted by atomic mass is 9.98. The molecule has 2 aromatic carbocycles. The van der Waals surface area contributed by atoms with Crippen LogP contribution in [-0.4, -0.2) is 27.9 Å². The van der Waals surface area contributed by atoms with Gasteiger partial charge in [-0.05, 0) is 48.1 Å². The Morgan fingerprint density at radius 1 is 1.12 bits per heavy atom. The van der Waals surface area contributed by atoms with Gasteiger partial charge in [-0.15, -0.1) is 5.10 Å². The average Bonchev–Trinajstić information content (AvgIpc) is 3.20. The van der Waals surface area contributed by atoms with Crippen molar-refractivity contribution < 1.29 is 22.7 Å². The van der Waals surface area contributed by atoms with E-state index in [4.69, 9.17) is 4.74 Å². The first kappa shape index (κ1) is 23.5. The van der Waals surface area contributed by atoms with Crippen LogP contribution < -0.4 is 4.74 Å². The van der Waals surface area contributed by atoms with Gasteiger partial charge in [0.15, 0.2) is 0 Å². The molecule has 170 valence electrons. The number of carbonyl (C=O) groups is 1. The summed E-state index contributed by atoms with van der Waals surface area (Å²) in [5.74, 6) is 0.758. The smallest absolute Gasteiger partial charge is 0.416 e. The molecular formula is C24H26F3N3O2. The van der Waals surface area contributed by atoms with E-state index in [0.29, 0.717) is 22.9 Å². The van der Waals surface area contributed by atoms with Crippen LogP contribution in [0.3, 0.4) is 0 Å². The van der Waals surface area contributed by atoms with E-state index in [2.05, 4.69) is 24.2 Å². The third kappa shape index (κ3) is 5.96. The summed E-state index contributed by atoms with van der Waals surface area (Å²) in [6.07, 6.45) is -1.10. The van der Waals surface area contributed by atoms with Gasteiger partial charge < -0.3 is 4.74 Å². The zero-order valence-electron chi connectivity index (χ0n) is 18.3. The molecule has 0 fully saturated rings. The Morgan fingerprint density at radius 2 is 1.88 bits per heavy atom. The van der Waals surface area contributed by atoms with Gasteiger partial charge in [0.1, 0.15) is 17.2 Å². The fraction of sp³-hybridized carbons (Fsp3) is 0.375. The monoisotopic (exact) mass is 445 g/mol. The molecule has 3 rings (SSSR count). The highest BCUT2D eigenvalue weighted by molar-refractivity contribution is 5.83. The van der Waals surface area contributed by atoms with Gasteiger partial charge in [0.25, 0.3) is 0 Å². The topological polar surface area (TPSA) is 57.0 Å². The predicted molar refractivity (Wildman–Crippen MR) is 115 cm³/mol. The van der Waals surface area contributed by atoms with Gasteiger partial charge in [-0.2, -0.15) is 13.2 Å². The second kappa shape index (κ2) is 9.97. The van der Waals surface area contributed by atoms with Crippen LogP contribution in [0.1, 0.15) is 42.7 Å². The highest BCUT2D eigenvalue weighted by atomic mass is 19.4. The van der Waals surface area contributed by atoms with Gasteiger partial charge in [-0.3, -0.25) is 4.79 Å². The molecule has 0 radical (unpaired) electrons. The minimum atomic E-state index is -4.49. The van der Waals surface area contributed by atoms with Gasteiger partial charge in [-0.1, -0.05) is 43.3 Å². The first-order valence-corrected chi connectivity index (χ1v) is 10.4. The first-order valence-electron chi connectivity index (χ1n) is 10.4. The lowest BCUT2D eigenvalue weighted by molar-refractivity contribution is -0.138. The number of benzene rings is 2. The number of aromatic nitrogens is 3. The second-order valence-electron chi connectivity index (χ2n) is 8.14. The number of rotatable bonds is 9. The zero-order chi connectivity index (χ0) is 23.3. The van der Waals surface area contributed by atoms with Crippen LogP contribution >= 0.6 is 0 Å². The Morgan fingerprint density at radius 3 is 2.56 bits per heavy atom. The fourth-order valence-corrected chi connectivity index (χ4v) is 3.44. The molecule has 0 bridgehead atoms. The van der Waals surface area contributed by atoms with Gasteiger partial charge in [-0.25, -0.2) is 4.68 Å². The zero-order valence-corrected chi connectivity index (χ0v) is 18.3. The average molecular weight is 445 g/mol. The fourth-order valence-electron chi connectivity index (χ4n) is 3.44. The molecule has 0 unspecified atom stereocenters. The molecule has 0 aliphatic rings. The van der Waals surface area contributed by atoms with Crippen LogP contribution in [0, 0.1) is 5.92 Å². The second-order valence-corrected chi connectivity index (χ2v) is 8.14. The highest BCUT2D eigenvalue weighted by Gasteiger charge is 2.33. The van der Waals surface area contributed by atoms with E-state index >= 15 is 0 Å². The Bertz CT molecular complexity index is 1070. The minimum Gasteiger partial charge on any atom is -0.494 e. The molecule has 0 aliphatic carbocycles. The maximum Gasteiger partial charge on any atom is 0.416 e.